The largest absolute Gasteiger partial charge is 0.329 e. The SMILES string of the molecule is CC(Sc1nccn1C)c1cccc(NC(=O)c2cc(C3CC3)n(C)n2)c1. The molecule has 1 amide bonds. The highest BCUT2D eigenvalue weighted by Gasteiger charge is 2.28. The second kappa shape index (κ2) is 7.23. The molecule has 2 aromatic heterocycles. The third-order valence-corrected chi connectivity index (χ3v) is 6.05. The summed E-state index contributed by atoms with van der Waals surface area (Å²) >= 11 is 1.69. The Hall–Kier alpha value is -2.54. The number of thioether (sulfide) groups is 1. The number of hydrogen-bond donors (Lipinski definition) is 1. The number of hydrogen-bond acceptors (Lipinski definition) is 4. The fourth-order valence-electron chi connectivity index (χ4n) is 3.11. The minimum absolute atomic E-state index is 0.168. The smallest absolute Gasteiger partial charge is 0.276 e. The molecule has 1 N–H and O–H groups in total. The van der Waals surface area contributed by atoms with Gasteiger partial charge in [-0.15, -0.1) is 0 Å². The molecule has 1 aliphatic carbocycles. The van der Waals surface area contributed by atoms with Crippen LogP contribution in [0.3, 0.4) is 0 Å². The molecule has 1 unspecified atom stereocenters. The van der Waals surface area contributed by atoms with Gasteiger partial charge in [-0.3, -0.25) is 9.48 Å². The van der Waals surface area contributed by atoms with Crippen molar-refractivity contribution in [2.45, 2.75) is 36.1 Å². The number of aryl methyl sites for hydroxylation is 2. The van der Waals surface area contributed by atoms with Crippen molar-refractivity contribution in [3.8, 4) is 0 Å². The highest BCUT2D eigenvalue weighted by molar-refractivity contribution is 7.99. The number of carbonyl (C=O) groups excluding carboxylic acids is 1. The molecule has 0 saturated heterocycles. The lowest BCUT2D eigenvalue weighted by molar-refractivity contribution is 0.102. The van der Waals surface area contributed by atoms with Crippen molar-refractivity contribution in [2.24, 2.45) is 14.1 Å². The molecule has 6 nitrogen and oxygen atoms in total. The van der Waals surface area contributed by atoms with Crippen LogP contribution in [-0.4, -0.2) is 25.2 Å². The Bertz CT molecular complexity index is 972. The molecule has 0 bridgehead atoms. The monoisotopic (exact) mass is 381 g/mol. The van der Waals surface area contributed by atoms with Crippen molar-refractivity contribution in [3.63, 3.8) is 0 Å². The zero-order chi connectivity index (χ0) is 19.0. The van der Waals surface area contributed by atoms with Gasteiger partial charge in [-0.05, 0) is 43.5 Å². The molecular weight excluding hydrogens is 358 g/mol. The second-order valence-electron chi connectivity index (χ2n) is 7.01. The Morgan fingerprint density at radius 3 is 2.81 bits per heavy atom. The van der Waals surface area contributed by atoms with Gasteiger partial charge in [0.2, 0.25) is 0 Å². The number of nitrogens with one attached hydrogen (secondary N) is 1. The van der Waals surface area contributed by atoms with E-state index in [1.54, 1.807) is 18.0 Å². The number of rotatable bonds is 6. The molecule has 140 valence electrons. The summed E-state index contributed by atoms with van der Waals surface area (Å²) < 4.78 is 3.83. The number of nitrogens with zero attached hydrogens (tertiary/aromatic N) is 4. The van der Waals surface area contributed by atoms with E-state index >= 15 is 0 Å². The summed E-state index contributed by atoms with van der Waals surface area (Å²) in [6, 6.07) is 9.88. The molecule has 1 fully saturated rings. The average molecular weight is 382 g/mol. The van der Waals surface area contributed by atoms with Gasteiger partial charge in [0, 0.05) is 49.0 Å². The molecule has 27 heavy (non-hydrogen) atoms. The molecule has 1 atom stereocenters. The van der Waals surface area contributed by atoms with Crippen molar-refractivity contribution in [1.82, 2.24) is 19.3 Å². The fraction of sp³-hybridized carbons (Fsp3) is 0.350. The maximum atomic E-state index is 12.6. The van der Waals surface area contributed by atoms with E-state index in [4.69, 9.17) is 0 Å². The molecule has 4 rings (SSSR count). The number of amides is 1. The Morgan fingerprint density at radius 1 is 1.30 bits per heavy atom. The molecule has 0 spiro atoms. The maximum Gasteiger partial charge on any atom is 0.276 e. The van der Waals surface area contributed by atoms with Gasteiger partial charge in [0.1, 0.15) is 0 Å². The van der Waals surface area contributed by atoms with Gasteiger partial charge in [-0.25, -0.2) is 4.98 Å². The number of anilines is 1. The number of carbonyl (C=O) groups is 1. The summed E-state index contributed by atoms with van der Waals surface area (Å²) in [4.78, 5) is 17.0. The van der Waals surface area contributed by atoms with Gasteiger partial charge in [-0.2, -0.15) is 5.10 Å². The van der Waals surface area contributed by atoms with E-state index in [9.17, 15) is 4.79 Å². The van der Waals surface area contributed by atoms with Crippen LogP contribution in [-0.2, 0) is 14.1 Å². The van der Waals surface area contributed by atoms with E-state index in [1.165, 1.54) is 12.8 Å². The molecule has 1 aliphatic rings. The predicted octanol–water partition coefficient (Wildman–Crippen LogP) is 4.14. The van der Waals surface area contributed by atoms with Crippen molar-refractivity contribution in [2.75, 3.05) is 5.32 Å². The van der Waals surface area contributed by atoms with Gasteiger partial charge in [0.25, 0.3) is 5.91 Å². The molecule has 0 aliphatic heterocycles. The van der Waals surface area contributed by atoms with Crippen LogP contribution in [0.15, 0.2) is 47.9 Å². The van der Waals surface area contributed by atoms with Gasteiger partial charge in [0.05, 0.1) is 0 Å². The van der Waals surface area contributed by atoms with Crippen molar-refractivity contribution >= 4 is 23.4 Å². The van der Waals surface area contributed by atoms with Gasteiger partial charge < -0.3 is 9.88 Å². The van der Waals surface area contributed by atoms with Crippen LogP contribution in [0, 0.1) is 0 Å². The lowest BCUT2D eigenvalue weighted by atomic mass is 10.1. The van der Waals surface area contributed by atoms with Gasteiger partial charge in [0.15, 0.2) is 10.9 Å². The van der Waals surface area contributed by atoms with E-state index in [2.05, 4.69) is 28.4 Å². The van der Waals surface area contributed by atoms with Gasteiger partial charge >= 0.3 is 0 Å². The lowest BCUT2D eigenvalue weighted by Gasteiger charge is -2.13. The van der Waals surface area contributed by atoms with E-state index < -0.39 is 0 Å². The van der Waals surface area contributed by atoms with E-state index in [0.29, 0.717) is 11.6 Å². The van der Waals surface area contributed by atoms with Crippen LogP contribution in [0.25, 0.3) is 0 Å². The van der Waals surface area contributed by atoms with Crippen molar-refractivity contribution in [3.05, 3.63) is 59.7 Å². The first-order valence-corrected chi connectivity index (χ1v) is 9.98. The Balaban J connectivity index is 1.46. The van der Waals surface area contributed by atoms with Crippen molar-refractivity contribution in [1.29, 1.82) is 0 Å². The number of benzene rings is 1. The maximum absolute atomic E-state index is 12.6. The third kappa shape index (κ3) is 3.93. The summed E-state index contributed by atoms with van der Waals surface area (Å²) in [5.74, 6) is 0.399. The zero-order valence-electron chi connectivity index (χ0n) is 15.7. The zero-order valence-corrected chi connectivity index (χ0v) is 16.5. The molecule has 7 heteroatoms. The quantitative estimate of drug-likeness (QED) is 0.652. The first-order valence-electron chi connectivity index (χ1n) is 9.10. The van der Waals surface area contributed by atoms with Crippen LogP contribution < -0.4 is 5.32 Å². The molecule has 2 heterocycles. The summed E-state index contributed by atoms with van der Waals surface area (Å²) in [7, 11) is 3.89. The molecule has 3 aromatic rings. The molecular formula is C20H23N5OS. The predicted molar refractivity (Wildman–Crippen MR) is 107 cm³/mol. The number of imidazole rings is 1. The summed E-state index contributed by atoms with van der Waals surface area (Å²) in [6.07, 6.45) is 6.12. The fourth-order valence-corrected chi connectivity index (χ4v) is 4.06. The topological polar surface area (TPSA) is 64.7 Å². The lowest BCUT2D eigenvalue weighted by Crippen LogP contribution is -2.13. The highest BCUT2D eigenvalue weighted by Crippen LogP contribution is 2.40. The summed E-state index contributed by atoms with van der Waals surface area (Å²) in [6.45, 7) is 2.14. The average Bonchev–Trinajstić information content (AvgIpc) is 3.30. The summed E-state index contributed by atoms with van der Waals surface area (Å²) in [5, 5.41) is 8.55. The molecule has 0 radical (unpaired) electrons. The molecule has 1 saturated carbocycles. The van der Waals surface area contributed by atoms with Crippen LogP contribution in [0.4, 0.5) is 5.69 Å². The number of aromatic nitrogens is 4. The minimum atomic E-state index is -0.168. The van der Waals surface area contributed by atoms with E-state index in [1.807, 2.05) is 53.8 Å². The van der Waals surface area contributed by atoms with Crippen LogP contribution in [0.1, 0.15) is 52.7 Å². The standard InChI is InChI=1S/C20H23N5OS/c1-13(27-20-21-9-10-24(20)2)15-5-4-6-16(11-15)22-19(26)17-12-18(14-7-8-14)25(3)23-17/h4-6,9-14H,7-8H2,1-3H3,(H,22,26). The third-order valence-electron chi connectivity index (χ3n) is 4.82. The summed E-state index contributed by atoms with van der Waals surface area (Å²) in [5.41, 5.74) is 3.54. The van der Waals surface area contributed by atoms with Crippen LogP contribution >= 0.6 is 11.8 Å². The van der Waals surface area contributed by atoms with Crippen LogP contribution in [0.2, 0.25) is 0 Å². The first-order chi connectivity index (χ1) is 13.0. The van der Waals surface area contributed by atoms with E-state index in [-0.39, 0.29) is 11.2 Å². The van der Waals surface area contributed by atoms with Crippen molar-refractivity contribution < 1.29 is 4.79 Å². The minimum Gasteiger partial charge on any atom is -0.329 e. The van der Waals surface area contributed by atoms with Crippen LogP contribution in [0.5, 0.6) is 0 Å². The first kappa shape index (κ1) is 17.9. The Kier molecular flexibility index (Phi) is 4.78. The Morgan fingerprint density at radius 2 is 2.11 bits per heavy atom. The molecule has 1 aromatic carbocycles. The van der Waals surface area contributed by atoms with Gasteiger partial charge in [-0.1, -0.05) is 23.9 Å². The normalized spacial score (nSPS) is 14.9. The Labute approximate surface area is 163 Å². The van der Waals surface area contributed by atoms with E-state index in [0.717, 1.165) is 22.1 Å². The highest BCUT2D eigenvalue weighted by atomic mass is 32.2. The second-order valence-corrected chi connectivity index (χ2v) is 8.32.